The van der Waals surface area contributed by atoms with Crippen molar-refractivity contribution in [3.63, 3.8) is 0 Å². The molecule has 2 N–H and O–H groups in total. The Balaban J connectivity index is 4.87. The van der Waals surface area contributed by atoms with Crippen molar-refractivity contribution in [2.24, 2.45) is 10.8 Å². The van der Waals surface area contributed by atoms with Crippen LogP contribution in [-0.2, 0) is 9.53 Å². The topological polar surface area (TPSA) is 138 Å². The maximum Gasteiger partial charge on any atom is 0.356 e. The Hall–Kier alpha value is -2.14. The van der Waals surface area contributed by atoms with Gasteiger partial charge < -0.3 is 14.9 Å². The van der Waals surface area contributed by atoms with Crippen molar-refractivity contribution in [3.8, 4) is 18.2 Å². The second-order valence-electron chi connectivity index (χ2n) is 3.83. The monoisotopic (exact) mass is 251 g/mol. The number of carbonyl (C=O) groups is 1. The Bertz CT molecular complexity index is 379. The van der Waals surface area contributed by atoms with E-state index in [1.165, 1.54) is 18.2 Å². The minimum atomic E-state index is -2.51. The predicted octanol–water partition coefficient (Wildman–Crippen LogP) is -0.532. The molecule has 0 aliphatic rings. The summed E-state index contributed by atoms with van der Waals surface area (Å²) in [4.78, 5) is 11.5. The number of ether oxygens (including phenoxy) is 1. The number of carbonyl (C=O) groups excluding carboxylic acids is 1. The number of esters is 1. The van der Waals surface area contributed by atoms with Gasteiger partial charge in [0.25, 0.3) is 0 Å². The summed E-state index contributed by atoms with van der Waals surface area (Å²) in [6, 6.07) is 3.85. The van der Waals surface area contributed by atoms with Crippen molar-refractivity contribution < 1.29 is 19.7 Å². The Kier molecular flexibility index (Phi) is 5.78. The van der Waals surface area contributed by atoms with Gasteiger partial charge in [0.1, 0.15) is 24.8 Å². The van der Waals surface area contributed by atoms with Crippen molar-refractivity contribution >= 4 is 5.97 Å². The first-order chi connectivity index (χ1) is 8.49. The van der Waals surface area contributed by atoms with E-state index in [0.717, 1.165) is 0 Å². The van der Waals surface area contributed by atoms with E-state index in [2.05, 4.69) is 0 Å². The molecule has 0 rings (SSSR count). The molecule has 7 heteroatoms. The molecular weight excluding hydrogens is 238 g/mol. The second kappa shape index (κ2) is 6.56. The second-order valence-corrected chi connectivity index (χ2v) is 3.83. The molecule has 0 atom stereocenters. The van der Waals surface area contributed by atoms with Crippen LogP contribution in [0, 0.1) is 44.8 Å². The Morgan fingerprint density at radius 1 is 1.17 bits per heavy atom. The molecule has 0 saturated carbocycles. The van der Waals surface area contributed by atoms with Gasteiger partial charge in [0.05, 0.1) is 18.6 Å². The fourth-order valence-electron chi connectivity index (χ4n) is 1.01. The van der Waals surface area contributed by atoms with Crippen molar-refractivity contribution in [2.45, 2.75) is 13.3 Å². The van der Waals surface area contributed by atoms with Crippen molar-refractivity contribution in [1.29, 1.82) is 15.8 Å². The average molecular weight is 251 g/mol. The summed E-state index contributed by atoms with van der Waals surface area (Å²) in [5, 5.41) is 44.2. The zero-order chi connectivity index (χ0) is 14.2. The summed E-state index contributed by atoms with van der Waals surface area (Å²) in [6.07, 6.45) is 0.325. The first-order valence-corrected chi connectivity index (χ1v) is 5.12. The molecule has 0 saturated heterocycles. The summed E-state index contributed by atoms with van der Waals surface area (Å²) >= 11 is 0. The molecule has 0 aliphatic carbocycles. The number of aliphatic hydroxyl groups is 2. The number of nitriles is 3. The predicted molar refractivity (Wildman–Crippen MR) is 57.1 cm³/mol. The van der Waals surface area contributed by atoms with Crippen LogP contribution in [-0.4, -0.2) is 36.0 Å². The third-order valence-electron chi connectivity index (χ3n) is 2.74. The van der Waals surface area contributed by atoms with E-state index in [0.29, 0.717) is 6.42 Å². The van der Waals surface area contributed by atoms with Gasteiger partial charge in [0, 0.05) is 0 Å². The molecule has 0 aromatic rings. The van der Waals surface area contributed by atoms with E-state index in [-0.39, 0.29) is 6.61 Å². The molecule has 0 unspecified atom stereocenters. The lowest BCUT2D eigenvalue weighted by Gasteiger charge is -2.27. The van der Waals surface area contributed by atoms with E-state index < -0.39 is 30.0 Å². The molecule has 0 amide bonds. The lowest BCUT2D eigenvalue weighted by atomic mass is 9.88. The molecule has 0 spiro atoms. The maximum absolute atomic E-state index is 11.5. The molecule has 0 fully saturated rings. The first kappa shape index (κ1) is 15.9. The van der Waals surface area contributed by atoms with Crippen LogP contribution in [0.1, 0.15) is 13.3 Å². The van der Waals surface area contributed by atoms with Gasteiger partial charge in [-0.3, -0.25) is 0 Å². The molecule has 18 heavy (non-hydrogen) atoms. The van der Waals surface area contributed by atoms with Crippen molar-refractivity contribution in [1.82, 2.24) is 0 Å². The maximum atomic E-state index is 11.5. The largest absolute Gasteiger partial charge is 0.462 e. The third-order valence-corrected chi connectivity index (χ3v) is 2.74. The molecule has 0 aliphatic heterocycles. The van der Waals surface area contributed by atoms with Crippen LogP contribution in [0.15, 0.2) is 0 Å². The summed E-state index contributed by atoms with van der Waals surface area (Å²) in [6.45, 7) is 0.451. The molecule has 0 aromatic heterocycles. The first-order valence-electron chi connectivity index (χ1n) is 5.12. The number of hydrogen-bond donors (Lipinski definition) is 2. The van der Waals surface area contributed by atoms with Crippen LogP contribution in [0.5, 0.6) is 0 Å². The highest BCUT2D eigenvalue weighted by Gasteiger charge is 2.43. The van der Waals surface area contributed by atoms with E-state index in [1.807, 2.05) is 0 Å². The lowest BCUT2D eigenvalue weighted by Crippen LogP contribution is -2.38. The molecular formula is C11H13N3O4. The van der Waals surface area contributed by atoms with Crippen LogP contribution >= 0.6 is 0 Å². The van der Waals surface area contributed by atoms with Gasteiger partial charge in [-0.05, 0) is 6.42 Å². The van der Waals surface area contributed by atoms with Gasteiger partial charge in [-0.15, -0.1) is 0 Å². The van der Waals surface area contributed by atoms with Gasteiger partial charge >= 0.3 is 11.4 Å². The average Bonchev–Trinajstić information content (AvgIpc) is 2.43. The Morgan fingerprint density at radius 3 is 1.89 bits per heavy atom. The number of hydrogen-bond acceptors (Lipinski definition) is 7. The normalized spacial score (nSPS) is 10.9. The van der Waals surface area contributed by atoms with Gasteiger partial charge in [-0.25, -0.2) is 4.79 Å². The zero-order valence-electron chi connectivity index (χ0n) is 9.88. The molecule has 0 heterocycles. The van der Waals surface area contributed by atoms with E-state index >= 15 is 0 Å². The quantitative estimate of drug-likeness (QED) is 0.605. The highest BCUT2D eigenvalue weighted by Crippen LogP contribution is 2.23. The number of nitrogens with zero attached hydrogens (tertiary/aromatic N) is 3. The SMILES string of the molecule is CCC(CO)(CO)COC(=O)C(C#N)(C#N)C#N. The molecule has 0 radical (unpaired) electrons. The van der Waals surface area contributed by atoms with Gasteiger partial charge in [0.2, 0.25) is 0 Å². The fraction of sp³-hybridized carbons (Fsp3) is 0.636. The number of rotatable bonds is 6. The lowest BCUT2D eigenvalue weighted by molar-refractivity contribution is -0.153. The minimum Gasteiger partial charge on any atom is -0.462 e. The van der Waals surface area contributed by atoms with E-state index in [4.69, 9.17) is 30.7 Å². The van der Waals surface area contributed by atoms with Crippen molar-refractivity contribution in [2.75, 3.05) is 19.8 Å². The van der Waals surface area contributed by atoms with E-state index in [9.17, 15) is 4.79 Å². The highest BCUT2D eigenvalue weighted by atomic mass is 16.5. The smallest absolute Gasteiger partial charge is 0.356 e. The van der Waals surface area contributed by atoms with Gasteiger partial charge in [-0.2, -0.15) is 15.8 Å². The van der Waals surface area contributed by atoms with E-state index in [1.54, 1.807) is 6.92 Å². The number of aliphatic hydroxyl groups excluding tert-OH is 2. The van der Waals surface area contributed by atoms with Gasteiger partial charge in [0.15, 0.2) is 0 Å². The third kappa shape index (κ3) is 2.95. The highest BCUT2D eigenvalue weighted by molar-refractivity contribution is 5.86. The summed E-state index contributed by atoms with van der Waals surface area (Å²) in [7, 11) is 0. The van der Waals surface area contributed by atoms with Crippen LogP contribution in [0.4, 0.5) is 0 Å². The molecule has 96 valence electrons. The molecule has 0 aromatic carbocycles. The fourth-order valence-corrected chi connectivity index (χ4v) is 1.01. The van der Waals surface area contributed by atoms with Crippen LogP contribution in [0.25, 0.3) is 0 Å². The minimum absolute atomic E-state index is 0.325. The Morgan fingerprint density at radius 2 is 1.61 bits per heavy atom. The summed E-state index contributed by atoms with van der Waals surface area (Å²) in [5.41, 5.74) is -3.55. The van der Waals surface area contributed by atoms with Crippen LogP contribution in [0.2, 0.25) is 0 Å². The standard InChI is InChI=1S/C11H13N3O4/c1-2-10(6-15,7-16)8-18-9(17)11(3-12,4-13)5-14/h15-16H,2,6-8H2,1H3. The zero-order valence-corrected chi connectivity index (χ0v) is 9.88. The van der Waals surface area contributed by atoms with Crippen molar-refractivity contribution in [3.05, 3.63) is 0 Å². The molecule has 0 bridgehead atoms. The summed E-state index contributed by atoms with van der Waals surface area (Å²) in [5.74, 6) is -1.30. The summed E-state index contributed by atoms with van der Waals surface area (Å²) < 4.78 is 4.69. The Labute approximate surface area is 104 Å². The molecule has 7 nitrogen and oxygen atoms in total. The van der Waals surface area contributed by atoms with Crippen LogP contribution < -0.4 is 0 Å². The van der Waals surface area contributed by atoms with Crippen LogP contribution in [0.3, 0.4) is 0 Å². The van der Waals surface area contributed by atoms with Gasteiger partial charge in [-0.1, -0.05) is 6.92 Å².